The maximum atomic E-state index is 6.01. The van der Waals surface area contributed by atoms with Crippen LogP contribution in [0.2, 0.25) is 0 Å². The van der Waals surface area contributed by atoms with E-state index in [0.717, 1.165) is 10.2 Å². The van der Waals surface area contributed by atoms with Gasteiger partial charge in [-0.3, -0.25) is 4.99 Å². The molecule has 0 aromatic heterocycles. The zero-order valence-corrected chi connectivity index (χ0v) is 12.3. The molecule has 1 atom stereocenters. The Morgan fingerprint density at radius 3 is 3.00 bits per heavy atom. The van der Waals surface area contributed by atoms with Crippen LogP contribution >= 0.6 is 15.9 Å². The Morgan fingerprint density at radius 2 is 2.33 bits per heavy atom. The van der Waals surface area contributed by atoms with Crippen LogP contribution in [0, 0.1) is 0 Å². The van der Waals surface area contributed by atoms with Gasteiger partial charge in [0.05, 0.1) is 18.7 Å². The number of guanidine groups is 1. The molecule has 2 rings (SSSR count). The predicted molar refractivity (Wildman–Crippen MR) is 78.0 cm³/mol. The normalized spacial score (nSPS) is 23.3. The van der Waals surface area contributed by atoms with Gasteiger partial charge in [-0.05, 0) is 32.0 Å². The second kappa shape index (κ2) is 5.28. The van der Waals surface area contributed by atoms with Crippen molar-refractivity contribution >= 4 is 27.6 Å². The number of aliphatic imine (C=N–C) groups is 1. The van der Waals surface area contributed by atoms with Crippen molar-refractivity contribution in [3.05, 3.63) is 28.7 Å². The van der Waals surface area contributed by atoms with Gasteiger partial charge in [0.2, 0.25) is 0 Å². The van der Waals surface area contributed by atoms with Crippen LogP contribution in [0.1, 0.15) is 13.8 Å². The highest BCUT2D eigenvalue weighted by Gasteiger charge is 2.39. The molecule has 1 aromatic rings. The molecule has 0 spiro atoms. The number of anilines is 1. The number of hydrogen-bond donors (Lipinski definition) is 1. The molecule has 1 unspecified atom stereocenters. The van der Waals surface area contributed by atoms with Gasteiger partial charge in [0, 0.05) is 16.8 Å². The minimum Gasteiger partial charge on any atom is -0.379 e. The van der Waals surface area contributed by atoms with Gasteiger partial charge in [0.15, 0.2) is 5.96 Å². The van der Waals surface area contributed by atoms with Gasteiger partial charge in [-0.2, -0.15) is 0 Å². The molecule has 0 amide bonds. The summed E-state index contributed by atoms with van der Waals surface area (Å²) in [6, 6.07) is 8.06. The Labute approximate surface area is 116 Å². The Balaban J connectivity index is 2.30. The third-order valence-corrected chi connectivity index (χ3v) is 3.53. The van der Waals surface area contributed by atoms with Crippen LogP contribution < -0.4 is 10.6 Å². The molecule has 0 fully saturated rings. The standard InChI is InChI=1S/C13H18BrN3O/c1-3-18-9-13(2)8-16-12(15)17(13)11-6-4-5-10(14)7-11/h4-7H,3,8-9H2,1-2H3,(H2,15,16). The van der Waals surface area contributed by atoms with Gasteiger partial charge in [-0.25, -0.2) is 0 Å². The quantitative estimate of drug-likeness (QED) is 0.929. The molecule has 18 heavy (non-hydrogen) atoms. The van der Waals surface area contributed by atoms with Crippen molar-refractivity contribution < 1.29 is 4.74 Å². The third kappa shape index (κ3) is 2.52. The third-order valence-electron chi connectivity index (χ3n) is 3.03. The first kappa shape index (κ1) is 13.4. The number of rotatable bonds is 4. The van der Waals surface area contributed by atoms with Gasteiger partial charge in [0.25, 0.3) is 0 Å². The van der Waals surface area contributed by atoms with Crippen LogP contribution in [0.5, 0.6) is 0 Å². The van der Waals surface area contributed by atoms with Gasteiger partial charge in [0.1, 0.15) is 0 Å². The molecule has 5 heteroatoms. The highest BCUT2D eigenvalue weighted by Crippen LogP contribution is 2.30. The molecule has 4 nitrogen and oxygen atoms in total. The van der Waals surface area contributed by atoms with Crippen molar-refractivity contribution in [1.82, 2.24) is 0 Å². The van der Waals surface area contributed by atoms with E-state index in [2.05, 4.69) is 27.8 Å². The average Bonchev–Trinajstić information content (AvgIpc) is 2.63. The minimum absolute atomic E-state index is 0.207. The van der Waals surface area contributed by atoms with E-state index in [1.165, 1.54) is 0 Å². The Kier molecular flexibility index (Phi) is 3.92. The molecule has 98 valence electrons. The largest absolute Gasteiger partial charge is 0.379 e. The summed E-state index contributed by atoms with van der Waals surface area (Å²) in [6.45, 7) is 6.08. The Hall–Kier alpha value is -1.07. The SMILES string of the molecule is CCOCC1(C)CN=C(N)N1c1cccc(Br)c1. The lowest BCUT2D eigenvalue weighted by Gasteiger charge is -2.35. The van der Waals surface area contributed by atoms with Crippen LogP contribution in [0.4, 0.5) is 5.69 Å². The highest BCUT2D eigenvalue weighted by molar-refractivity contribution is 9.10. The fourth-order valence-electron chi connectivity index (χ4n) is 2.16. The van der Waals surface area contributed by atoms with Crippen LogP contribution in [0.3, 0.4) is 0 Å². The summed E-state index contributed by atoms with van der Waals surface area (Å²) < 4.78 is 6.59. The zero-order chi connectivity index (χ0) is 13.2. The molecule has 1 heterocycles. The van der Waals surface area contributed by atoms with Gasteiger partial charge in [-0.15, -0.1) is 0 Å². The van der Waals surface area contributed by atoms with Crippen LogP contribution in [-0.4, -0.2) is 31.3 Å². The van der Waals surface area contributed by atoms with Gasteiger partial charge in [-0.1, -0.05) is 22.0 Å². The lowest BCUT2D eigenvalue weighted by molar-refractivity contribution is 0.108. The number of ether oxygens (including phenoxy) is 1. The predicted octanol–water partition coefficient (Wildman–Crippen LogP) is 2.38. The molecule has 0 radical (unpaired) electrons. The molecular formula is C13H18BrN3O. The number of nitrogens with two attached hydrogens (primary N) is 1. The molecule has 1 aliphatic heterocycles. The second-order valence-electron chi connectivity index (χ2n) is 4.62. The van der Waals surface area contributed by atoms with E-state index in [0.29, 0.717) is 25.7 Å². The van der Waals surface area contributed by atoms with Crippen molar-refractivity contribution in [1.29, 1.82) is 0 Å². The smallest absolute Gasteiger partial charge is 0.196 e. The van der Waals surface area contributed by atoms with Crippen LogP contribution in [0.15, 0.2) is 33.7 Å². The zero-order valence-electron chi connectivity index (χ0n) is 10.7. The summed E-state index contributed by atoms with van der Waals surface area (Å²) in [4.78, 5) is 6.40. The van der Waals surface area contributed by atoms with E-state index in [1.54, 1.807) is 0 Å². The maximum absolute atomic E-state index is 6.01. The molecule has 1 aromatic carbocycles. The molecule has 0 saturated heterocycles. The first-order chi connectivity index (χ1) is 8.57. The number of benzene rings is 1. The number of hydrogen-bond acceptors (Lipinski definition) is 4. The van der Waals surface area contributed by atoms with Crippen molar-refractivity contribution in [3.8, 4) is 0 Å². The topological polar surface area (TPSA) is 50.9 Å². The van der Waals surface area contributed by atoms with Crippen molar-refractivity contribution in [2.75, 3.05) is 24.7 Å². The fraction of sp³-hybridized carbons (Fsp3) is 0.462. The highest BCUT2D eigenvalue weighted by atomic mass is 79.9. The summed E-state index contributed by atoms with van der Waals surface area (Å²) in [5.41, 5.74) is 6.84. The lowest BCUT2D eigenvalue weighted by Crippen LogP contribution is -2.53. The first-order valence-electron chi connectivity index (χ1n) is 6.00. The van der Waals surface area contributed by atoms with E-state index in [1.807, 2.05) is 36.1 Å². The monoisotopic (exact) mass is 311 g/mol. The molecule has 0 aliphatic carbocycles. The lowest BCUT2D eigenvalue weighted by atomic mass is 10.0. The van der Waals surface area contributed by atoms with E-state index >= 15 is 0 Å². The summed E-state index contributed by atoms with van der Waals surface area (Å²) in [6.07, 6.45) is 0. The molecule has 1 aliphatic rings. The number of nitrogens with zero attached hydrogens (tertiary/aromatic N) is 2. The second-order valence-corrected chi connectivity index (χ2v) is 5.54. The van der Waals surface area contributed by atoms with Crippen molar-refractivity contribution in [2.24, 2.45) is 10.7 Å². The summed E-state index contributed by atoms with van der Waals surface area (Å²) >= 11 is 3.48. The molecule has 0 saturated carbocycles. The molecule has 2 N–H and O–H groups in total. The Morgan fingerprint density at radius 1 is 1.56 bits per heavy atom. The molecular weight excluding hydrogens is 294 g/mol. The van der Waals surface area contributed by atoms with Crippen molar-refractivity contribution in [3.63, 3.8) is 0 Å². The average molecular weight is 312 g/mol. The fourth-order valence-corrected chi connectivity index (χ4v) is 2.55. The van der Waals surface area contributed by atoms with Gasteiger partial charge < -0.3 is 15.4 Å². The van der Waals surface area contributed by atoms with Crippen molar-refractivity contribution in [2.45, 2.75) is 19.4 Å². The number of halogens is 1. The maximum Gasteiger partial charge on any atom is 0.196 e. The summed E-state index contributed by atoms with van der Waals surface area (Å²) in [7, 11) is 0. The first-order valence-corrected chi connectivity index (χ1v) is 6.79. The summed E-state index contributed by atoms with van der Waals surface area (Å²) in [5, 5.41) is 0. The van der Waals surface area contributed by atoms with Crippen LogP contribution in [-0.2, 0) is 4.74 Å². The van der Waals surface area contributed by atoms with E-state index in [-0.39, 0.29) is 5.54 Å². The van der Waals surface area contributed by atoms with Gasteiger partial charge >= 0.3 is 0 Å². The minimum atomic E-state index is -0.207. The summed E-state index contributed by atoms with van der Waals surface area (Å²) in [5.74, 6) is 0.551. The van der Waals surface area contributed by atoms with E-state index < -0.39 is 0 Å². The van der Waals surface area contributed by atoms with E-state index in [9.17, 15) is 0 Å². The van der Waals surface area contributed by atoms with E-state index in [4.69, 9.17) is 10.5 Å². The molecule has 0 bridgehead atoms. The van der Waals surface area contributed by atoms with Crippen LogP contribution in [0.25, 0.3) is 0 Å². The Bertz CT molecular complexity index is 463.